The molecular formula is C15H18BrClN4O. The third-order valence-corrected chi connectivity index (χ3v) is 4.04. The lowest BCUT2D eigenvalue weighted by atomic mass is 10.1. The second-order valence-electron chi connectivity index (χ2n) is 5.17. The van der Waals surface area contributed by atoms with Gasteiger partial charge in [0.2, 0.25) is 0 Å². The van der Waals surface area contributed by atoms with E-state index in [2.05, 4.69) is 31.7 Å². The van der Waals surface area contributed by atoms with E-state index in [4.69, 9.17) is 0 Å². The highest BCUT2D eigenvalue weighted by Gasteiger charge is 2.17. The normalized spacial score (nSPS) is 17.6. The van der Waals surface area contributed by atoms with Gasteiger partial charge in [0.25, 0.3) is 5.91 Å². The highest BCUT2D eigenvalue weighted by Crippen LogP contribution is 2.15. The van der Waals surface area contributed by atoms with Crippen molar-refractivity contribution < 1.29 is 4.79 Å². The monoisotopic (exact) mass is 384 g/mol. The molecule has 118 valence electrons. The van der Waals surface area contributed by atoms with Crippen LogP contribution in [0.3, 0.4) is 0 Å². The number of nitrogens with zero attached hydrogens (tertiary/aromatic N) is 2. The zero-order valence-electron chi connectivity index (χ0n) is 12.0. The molecule has 2 aromatic rings. The van der Waals surface area contributed by atoms with Crippen LogP contribution in [-0.2, 0) is 0 Å². The third-order valence-electron chi connectivity index (χ3n) is 3.55. The van der Waals surface area contributed by atoms with Gasteiger partial charge in [0.15, 0.2) is 0 Å². The lowest BCUT2D eigenvalue weighted by Crippen LogP contribution is -2.45. The largest absolute Gasteiger partial charge is 0.348 e. The fourth-order valence-electron chi connectivity index (χ4n) is 2.44. The Balaban J connectivity index is 0.00000176. The van der Waals surface area contributed by atoms with Crippen molar-refractivity contribution in [2.75, 3.05) is 13.1 Å². The minimum Gasteiger partial charge on any atom is -0.348 e. The van der Waals surface area contributed by atoms with Crippen molar-refractivity contribution in [1.29, 1.82) is 0 Å². The zero-order valence-corrected chi connectivity index (χ0v) is 14.4. The summed E-state index contributed by atoms with van der Waals surface area (Å²) in [6.07, 6.45) is 5.49. The number of hydrogen-bond acceptors (Lipinski definition) is 3. The number of carbonyl (C=O) groups is 1. The first kappa shape index (κ1) is 17.0. The number of aromatic nitrogens is 2. The summed E-state index contributed by atoms with van der Waals surface area (Å²) in [5.74, 6) is -0.0649. The second-order valence-corrected chi connectivity index (χ2v) is 6.09. The van der Waals surface area contributed by atoms with Crippen LogP contribution in [0.1, 0.15) is 23.2 Å². The van der Waals surface area contributed by atoms with Crippen molar-refractivity contribution >= 4 is 34.2 Å². The van der Waals surface area contributed by atoms with E-state index in [0.717, 1.165) is 36.1 Å². The number of piperidine rings is 1. The SMILES string of the molecule is Cl.O=C(NC1CCCNC1)c1cnn(-c2cccc(Br)c2)c1. The number of benzene rings is 1. The Morgan fingerprint density at radius 3 is 3.05 bits per heavy atom. The number of carbonyl (C=O) groups excluding carboxylic acids is 1. The predicted molar refractivity (Wildman–Crippen MR) is 91.9 cm³/mol. The summed E-state index contributed by atoms with van der Waals surface area (Å²) in [5, 5.41) is 10.6. The minimum atomic E-state index is -0.0649. The molecule has 1 aliphatic heterocycles. The molecule has 2 N–H and O–H groups in total. The highest BCUT2D eigenvalue weighted by molar-refractivity contribution is 9.10. The van der Waals surface area contributed by atoms with Crippen LogP contribution in [0.25, 0.3) is 5.69 Å². The molecule has 1 aromatic heterocycles. The van der Waals surface area contributed by atoms with Crippen molar-refractivity contribution in [3.63, 3.8) is 0 Å². The molecule has 22 heavy (non-hydrogen) atoms. The van der Waals surface area contributed by atoms with Crippen LogP contribution < -0.4 is 10.6 Å². The molecule has 1 fully saturated rings. The first-order chi connectivity index (χ1) is 10.2. The first-order valence-electron chi connectivity index (χ1n) is 7.04. The molecule has 3 rings (SSSR count). The molecule has 1 atom stereocenters. The number of nitrogens with one attached hydrogen (secondary N) is 2. The fraction of sp³-hybridized carbons (Fsp3) is 0.333. The Bertz CT molecular complexity index is 640. The molecule has 2 heterocycles. The van der Waals surface area contributed by atoms with Gasteiger partial charge in [-0.2, -0.15) is 5.10 Å². The van der Waals surface area contributed by atoms with Gasteiger partial charge < -0.3 is 10.6 Å². The minimum absolute atomic E-state index is 0. The van der Waals surface area contributed by atoms with E-state index in [0.29, 0.717) is 5.56 Å². The zero-order chi connectivity index (χ0) is 14.7. The summed E-state index contributed by atoms with van der Waals surface area (Å²) in [7, 11) is 0. The summed E-state index contributed by atoms with van der Waals surface area (Å²) in [6.45, 7) is 1.87. The van der Waals surface area contributed by atoms with E-state index >= 15 is 0 Å². The molecule has 0 spiro atoms. The van der Waals surface area contributed by atoms with Gasteiger partial charge in [0.05, 0.1) is 17.4 Å². The molecular weight excluding hydrogens is 368 g/mol. The molecule has 0 radical (unpaired) electrons. The molecule has 0 saturated carbocycles. The van der Waals surface area contributed by atoms with E-state index < -0.39 is 0 Å². The summed E-state index contributed by atoms with van der Waals surface area (Å²) >= 11 is 3.43. The van der Waals surface area contributed by atoms with Crippen LogP contribution in [0, 0.1) is 0 Å². The topological polar surface area (TPSA) is 59.0 Å². The fourth-order valence-corrected chi connectivity index (χ4v) is 2.83. The standard InChI is InChI=1S/C15H17BrN4O.ClH/c16-12-3-1-5-14(7-12)20-10-11(8-18-20)15(21)19-13-4-2-6-17-9-13;/h1,3,5,7-8,10,13,17H,2,4,6,9H2,(H,19,21);1H. The maximum absolute atomic E-state index is 12.2. The molecule has 5 nitrogen and oxygen atoms in total. The molecule has 0 bridgehead atoms. The first-order valence-corrected chi connectivity index (χ1v) is 7.84. The van der Waals surface area contributed by atoms with E-state index in [1.807, 2.05) is 24.3 Å². The van der Waals surface area contributed by atoms with Gasteiger partial charge in [-0.1, -0.05) is 22.0 Å². The van der Waals surface area contributed by atoms with Crippen LogP contribution in [-0.4, -0.2) is 34.8 Å². The van der Waals surface area contributed by atoms with Crippen molar-refractivity contribution in [3.8, 4) is 5.69 Å². The average molecular weight is 386 g/mol. The summed E-state index contributed by atoms with van der Waals surface area (Å²) in [6, 6.07) is 8.01. The smallest absolute Gasteiger partial charge is 0.254 e. The van der Waals surface area contributed by atoms with Gasteiger partial charge in [0, 0.05) is 23.3 Å². The van der Waals surface area contributed by atoms with Crippen LogP contribution in [0.4, 0.5) is 0 Å². The second kappa shape index (κ2) is 7.76. The van der Waals surface area contributed by atoms with Gasteiger partial charge in [-0.05, 0) is 37.6 Å². The Hall–Kier alpha value is -1.37. The van der Waals surface area contributed by atoms with E-state index in [9.17, 15) is 4.79 Å². The van der Waals surface area contributed by atoms with E-state index in [1.54, 1.807) is 17.1 Å². The molecule has 0 aliphatic carbocycles. The summed E-state index contributed by atoms with van der Waals surface area (Å²) < 4.78 is 2.69. The van der Waals surface area contributed by atoms with Crippen molar-refractivity contribution in [2.45, 2.75) is 18.9 Å². The van der Waals surface area contributed by atoms with Crippen molar-refractivity contribution in [3.05, 3.63) is 46.7 Å². The third kappa shape index (κ3) is 4.09. The number of halogens is 2. The quantitative estimate of drug-likeness (QED) is 0.853. The van der Waals surface area contributed by atoms with Crippen molar-refractivity contribution in [1.82, 2.24) is 20.4 Å². The molecule has 7 heteroatoms. The molecule has 1 amide bonds. The Morgan fingerprint density at radius 2 is 2.32 bits per heavy atom. The van der Waals surface area contributed by atoms with Crippen LogP contribution in [0.15, 0.2) is 41.1 Å². The van der Waals surface area contributed by atoms with Crippen molar-refractivity contribution in [2.24, 2.45) is 0 Å². The van der Waals surface area contributed by atoms with E-state index in [-0.39, 0.29) is 24.4 Å². The number of rotatable bonds is 3. The molecule has 1 unspecified atom stereocenters. The average Bonchev–Trinajstić information content (AvgIpc) is 2.98. The van der Waals surface area contributed by atoms with Gasteiger partial charge in [-0.3, -0.25) is 4.79 Å². The maximum atomic E-state index is 12.2. The molecule has 1 saturated heterocycles. The Morgan fingerprint density at radius 1 is 1.45 bits per heavy atom. The maximum Gasteiger partial charge on any atom is 0.254 e. The lowest BCUT2D eigenvalue weighted by Gasteiger charge is -2.23. The van der Waals surface area contributed by atoms with Crippen LogP contribution in [0.5, 0.6) is 0 Å². The Labute approximate surface area is 144 Å². The Kier molecular flexibility index (Phi) is 5.99. The lowest BCUT2D eigenvalue weighted by molar-refractivity contribution is 0.0930. The number of hydrogen-bond donors (Lipinski definition) is 2. The van der Waals surface area contributed by atoms with E-state index in [1.165, 1.54) is 0 Å². The van der Waals surface area contributed by atoms with Gasteiger partial charge >= 0.3 is 0 Å². The molecule has 1 aromatic carbocycles. The van der Waals surface area contributed by atoms with Crippen LogP contribution >= 0.6 is 28.3 Å². The van der Waals surface area contributed by atoms with Gasteiger partial charge in [-0.25, -0.2) is 4.68 Å². The summed E-state index contributed by atoms with van der Waals surface area (Å²) in [4.78, 5) is 12.2. The van der Waals surface area contributed by atoms with Gasteiger partial charge in [0.1, 0.15) is 0 Å². The number of amides is 1. The van der Waals surface area contributed by atoms with Gasteiger partial charge in [-0.15, -0.1) is 12.4 Å². The predicted octanol–water partition coefficient (Wildman–Crippen LogP) is 2.54. The van der Waals surface area contributed by atoms with Crippen LogP contribution in [0.2, 0.25) is 0 Å². The summed E-state index contributed by atoms with van der Waals surface area (Å²) in [5.41, 5.74) is 1.50. The molecule has 1 aliphatic rings. The highest BCUT2D eigenvalue weighted by atomic mass is 79.9.